The summed E-state index contributed by atoms with van der Waals surface area (Å²) < 4.78 is 5.58. The maximum Gasteiger partial charge on any atom is 0.119 e. The molecule has 2 unspecified atom stereocenters. The molecular weight excluding hydrogens is 456 g/mol. The van der Waals surface area contributed by atoms with Gasteiger partial charge in [0.2, 0.25) is 0 Å². The van der Waals surface area contributed by atoms with Crippen molar-refractivity contribution in [2.75, 3.05) is 26.7 Å². The molecule has 4 aromatic rings. The van der Waals surface area contributed by atoms with Crippen LogP contribution in [0.25, 0.3) is 10.9 Å². The molecule has 2 atom stereocenters. The van der Waals surface area contributed by atoms with Crippen molar-refractivity contribution in [1.82, 2.24) is 9.88 Å². The fourth-order valence-corrected chi connectivity index (χ4v) is 6.77. The number of nitrogens with zero attached hydrogens (tertiary/aromatic N) is 1. The first-order valence-electron chi connectivity index (χ1n) is 12.4. The molecule has 2 heterocycles. The van der Waals surface area contributed by atoms with Gasteiger partial charge in [0.1, 0.15) is 5.75 Å². The number of piperidine rings is 1. The van der Waals surface area contributed by atoms with Gasteiger partial charge in [-0.1, -0.05) is 60.1 Å². The third-order valence-electron chi connectivity index (χ3n) is 8.33. The molecule has 180 valence electrons. The molecule has 1 aromatic heterocycles. The van der Waals surface area contributed by atoms with Gasteiger partial charge >= 0.3 is 0 Å². The molecule has 35 heavy (non-hydrogen) atoms. The molecule has 1 fully saturated rings. The van der Waals surface area contributed by atoms with E-state index >= 15 is 0 Å². The van der Waals surface area contributed by atoms with E-state index in [1.165, 1.54) is 11.3 Å². The van der Waals surface area contributed by atoms with Gasteiger partial charge in [-0.05, 0) is 60.3 Å². The smallest absolute Gasteiger partial charge is 0.119 e. The third-order valence-corrected chi connectivity index (χ3v) is 8.64. The monoisotopic (exact) mass is 486 g/mol. The number of aromatic amines is 1. The first kappa shape index (κ1) is 22.7. The van der Waals surface area contributed by atoms with Crippen LogP contribution < -0.4 is 4.74 Å². The second-order valence-electron chi connectivity index (χ2n) is 10.2. The number of benzene rings is 3. The lowest BCUT2D eigenvalue weighted by atomic mass is 9.56. The van der Waals surface area contributed by atoms with E-state index in [9.17, 15) is 5.11 Å². The summed E-state index contributed by atoms with van der Waals surface area (Å²) in [6.45, 7) is 2.51. The normalized spacial score (nSPS) is 24.2. The van der Waals surface area contributed by atoms with E-state index in [-0.39, 0.29) is 0 Å². The quantitative estimate of drug-likeness (QED) is 0.389. The van der Waals surface area contributed by atoms with Crippen LogP contribution in [-0.2, 0) is 24.7 Å². The summed E-state index contributed by atoms with van der Waals surface area (Å²) in [5.41, 5.74) is 4.57. The second kappa shape index (κ2) is 8.70. The zero-order valence-electron chi connectivity index (χ0n) is 20.1. The summed E-state index contributed by atoms with van der Waals surface area (Å²) in [6.07, 6.45) is 3.19. The van der Waals surface area contributed by atoms with Crippen LogP contribution in [0.5, 0.6) is 5.75 Å². The lowest BCUT2D eigenvalue weighted by molar-refractivity contribution is -0.102. The van der Waals surface area contributed by atoms with E-state index in [4.69, 9.17) is 16.3 Å². The van der Waals surface area contributed by atoms with Crippen molar-refractivity contribution in [3.05, 3.63) is 100 Å². The van der Waals surface area contributed by atoms with Crippen molar-refractivity contribution in [3.8, 4) is 5.75 Å². The van der Waals surface area contributed by atoms with E-state index in [0.717, 1.165) is 65.2 Å². The molecule has 0 amide bonds. The fraction of sp³-hybridized carbons (Fsp3) is 0.333. The van der Waals surface area contributed by atoms with Gasteiger partial charge < -0.3 is 19.7 Å². The maximum atomic E-state index is 12.6. The number of nitrogens with one attached hydrogen (secondary N) is 1. The second-order valence-corrected chi connectivity index (χ2v) is 10.6. The Morgan fingerprint density at radius 3 is 2.69 bits per heavy atom. The van der Waals surface area contributed by atoms with Crippen molar-refractivity contribution in [2.24, 2.45) is 0 Å². The van der Waals surface area contributed by atoms with Crippen LogP contribution in [0.2, 0.25) is 5.02 Å². The van der Waals surface area contributed by atoms with E-state index in [1.54, 1.807) is 7.11 Å². The summed E-state index contributed by atoms with van der Waals surface area (Å²) in [5, 5.41) is 14.4. The standard InChI is InChI=1S/C30H31ClN2O2/c1-35-23-10-5-9-22(17-23)29-14-16-33(15-13-21-7-3-2-4-8-21)20-30(29,34)18-24-27(19-29)32-26-12-6-11-25(31)28(24)26/h2-12,17,32,34H,13-16,18-20H2,1H3. The van der Waals surface area contributed by atoms with Crippen LogP contribution >= 0.6 is 11.6 Å². The number of β-amino-alcohol motifs (C(OH)–C–C–N with tert-alkyl or cyclic N) is 1. The lowest BCUT2D eigenvalue weighted by Gasteiger charge is -2.56. The Balaban J connectivity index is 1.41. The molecular formula is C30H31ClN2O2. The molecule has 5 heteroatoms. The predicted octanol–water partition coefficient (Wildman–Crippen LogP) is 5.55. The molecule has 1 aliphatic carbocycles. The number of ether oxygens (including phenoxy) is 1. The van der Waals surface area contributed by atoms with Crippen molar-refractivity contribution in [1.29, 1.82) is 0 Å². The molecule has 1 saturated heterocycles. The van der Waals surface area contributed by atoms with Gasteiger partial charge in [0.05, 0.1) is 17.7 Å². The molecule has 6 rings (SSSR count). The zero-order valence-corrected chi connectivity index (χ0v) is 20.8. The average molecular weight is 487 g/mol. The molecule has 4 nitrogen and oxygen atoms in total. The summed E-state index contributed by atoms with van der Waals surface area (Å²) in [6, 6.07) is 24.9. The van der Waals surface area contributed by atoms with E-state index < -0.39 is 11.0 Å². The first-order valence-corrected chi connectivity index (χ1v) is 12.8. The maximum absolute atomic E-state index is 12.6. The topological polar surface area (TPSA) is 48.5 Å². The molecule has 0 radical (unpaired) electrons. The number of hydrogen-bond acceptors (Lipinski definition) is 3. The first-order chi connectivity index (χ1) is 17.0. The van der Waals surface area contributed by atoms with Gasteiger partial charge in [-0.25, -0.2) is 0 Å². The number of H-pyrrole nitrogens is 1. The fourth-order valence-electron chi connectivity index (χ4n) is 6.48. The molecule has 0 saturated carbocycles. The number of methoxy groups -OCH3 is 1. The number of rotatable bonds is 5. The zero-order chi connectivity index (χ0) is 24.0. The van der Waals surface area contributed by atoms with Gasteiger partial charge in [0, 0.05) is 47.9 Å². The number of fused-ring (bicyclic) bond motifs is 4. The molecule has 3 aromatic carbocycles. The van der Waals surface area contributed by atoms with Crippen LogP contribution in [0.4, 0.5) is 0 Å². The summed E-state index contributed by atoms with van der Waals surface area (Å²) in [7, 11) is 1.70. The van der Waals surface area contributed by atoms with Gasteiger partial charge in [-0.15, -0.1) is 0 Å². The Labute approximate surface area is 211 Å². The Morgan fingerprint density at radius 1 is 1.03 bits per heavy atom. The molecule has 0 spiro atoms. The van der Waals surface area contributed by atoms with Gasteiger partial charge in [0.25, 0.3) is 0 Å². The number of hydrogen-bond donors (Lipinski definition) is 2. The predicted molar refractivity (Wildman–Crippen MR) is 142 cm³/mol. The van der Waals surface area contributed by atoms with Gasteiger partial charge in [0.15, 0.2) is 0 Å². The average Bonchev–Trinajstić information content (AvgIpc) is 3.23. The largest absolute Gasteiger partial charge is 0.497 e. The van der Waals surface area contributed by atoms with Crippen molar-refractivity contribution < 1.29 is 9.84 Å². The summed E-state index contributed by atoms with van der Waals surface area (Å²) in [4.78, 5) is 6.09. The number of halogens is 1. The summed E-state index contributed by atoms with van der Waals surface area (Å²) in [5.74, 6) is 0.830. The van der Waals surface area contributed by atoms with Crippen LogP contribution in [0.15, 0.2) is 72.8 Å². The number of likely N-dealkylation sites (tertiary alicyclic amines) is 1. The minimum absolute atomic E-state index is 0.398. The van der Waals surface area contributed by atoms with E-state index in [2.05, 4.69) is 58.4 Å². The highest BCUT2D eigenvalue weighted by Gasteiger charge is 2.57. The van der Waals surface area contributed by atoms with Crippen molar-refractivity contribution in [3.63, 3.8) is 0 Å². The number of aromatic nitrogens is 1. The Morgan fingerprint density at radius 2 is 1.86 bits per heavy atom. The van der Waals surface area contributed by atoms with Crippen LogP contribution in [0, 0.1) is 0 Å². The minimum Gasteiger partial charge on any atom is -0.497 e. The lowest BCUT2D eigenvalue weighted by Crippen LogP contribution is -2.66. The molecule has 1 aliphatic heterocycles. The van der Waals surface area contributed by atoms with E-state index in [0.29, 0.717) is 13.0 Å². The Bertz CT molecular complexity index is 1370. The Kier molecular flexibility index (Phi) is 5.63. The van der Waals surface area contributed by atoms with Gasteiger partial charge in [-0.3, -0.25) is 0 Å². The highest BCUT2D eigenvalue weighted by atomic mass is 35.5. The molecule has 2 aliphatic rings. The van der Waals surface area contributed by atoms with Crippen LogP contribution in [0.1, 0.15) is 28.8 Å². The van der Waals surface area contributed by atoms with Crippen molar-refractivity contribution >= 4 is 22.5 Å². The molecule has 0 bridgehead atoms. The van der Waals surface area contributed by atoms with Crippen LogP contribution in [-0.4, -0.2) is 47.3 Å². The highest BCUT2D eigenvalue weighted by molar-refractivity contribution is 6.35. The van der Waals surface area contributed by atoms with Crippen molar-refractivity contribution in [2.45, 2.75) is 36.7 Å². The van der Waals surface area contributed by atoms with Gasteiger partial charge in [-0.2, -0.15) is 0 Å². The molecule has 2 N–H and O–H groups in total. The Hall–Kier alpha value is -2.79. The number of aliphatic hydroxyl groups is 1. The van der Waals surface area contributed by atoms with Crippen LogP contribution in [0.3, 0.4) is 0 Å². The summed E-state index contributed by atoms with van der Waals surface area (Å²) >= 11 is 6.66. The third kappa shape index (κ3) is 3.76. The SMILES string of the molecule is COc1cccc(C23CCN(CCc4ccccc4)CC2(O)Cc2c([nH]c4cccc(Cl)c24)C3)c1. The van der Waals surface area contributed by atoms with E-state index in [1.807, 2.05) is 24.3 Å². The minimum atomic E-state index is -0.921. The highest BCUT2D eigenvalue weighted by Crippen LogP contribution is 2.52.